The van der Waals surface area contributed by atoms with Crippen molar-refractivity contribution in [3.63, 3.8) is 0 Å². The van der Waals surface area contributed by atoms with E-state index in [1.165, 1.54) is 4.68 Å². The quantitative estimate of drug-likeness (QED) is 0.638. The molecule has 2 aromatic heterocycles. The van der Waals surface area contributed by atoms with E-state index in [4.69, 9.17) is 4.52 Å². The molecule has 29 heavy (non-hydrogen) atoms. The van der Waals surface area contributed by atoms with Gasteiger partial charge in [-0.1, -0.05) is 44.1 Å². The minimum absolute atomic E-state index is 0.0455. The molecular weight excluding hydrogens is 374 g/mol. The van der Waals surface area contributed by atoms with Crippen molar-refractivity contribution >= 4 is 22.6 Å². The Balaban J connectivity index is 1.89. The zero-order chi connectivity index (χ0) is 21.1. The highest BCUT2D eigenvalue weighted by Crippen LogP contribution is 2.22. The van der Waals surface area contributed by atoms with Crippen LogP contribution in [0.1, 0.15) is 65.4 Å². The summed E-state index contributed by atoms with van der Waals surface area (Å²) in [6.45, 7) is 7.71. The molecule has 152 valence electrons. The number of aromatic nitrogens is 3. The van der Waals surface area contributed by atoms with E-state index in [9.17, 15) is 14.4 Å². The SMILES string of the molecule is CCCn1nc(C(=O)NNC(=O)c2c(C)noc2C(C)C)c2ccccc2c1=O. The van der Waals surface area contributed by atoms with Gasteiger partial charge in [0.25, 0.3) is 17.4 Å². The second kappa shape index (κ2) is 8.26. The molecule has 0 fully saturated rings. The highest BCUT2D eigenvalue weighted by molar-refractivity contribution is 6.06. The predicted octanol–water partition coefficient (Wildman–Crippen LogP) is 2.30. The number of amides is 2. The topological polar surface area (TPSA) is 119 Å². The zero-order valence-corrected chi connectivity index (χ0v) is 16.8. The maximum Gasteiger partial charge on any atom is 0.290 e. The number of carbonyl (C=O) groups is 2. The Kier molecular flexibility index (Phi) is 5.76. The second-order valence-corrected chi connectivity index (χ2v) is 6.99. The van der Waals surface area contributed by atoms with E-state index in [1.54, 1.807) is 31.2 Å². The molecule has 0 unspecified atom stereocenters. The van der Waals surface area contributed by atoms with Gasteiger partial charge in [0.05, 0.1) is 11.1 Å². The Hall–Kier alpha value is -3.49. The average Bonchev–Trinajstić information content (AvgIpc) is 3.10. The van der Waals surface area contributed by atoms with Crippen molar-refractivity contribution in [3.8, 4) is 0 Å². The van der Waals surface area contributed by atoms with Crippen molar-refractivity contribution in [2.24, 2.45) is 0 Å². The molecule has 0 saturated heterocycles. The molecule has 2 amide bonds. The Morgan fingerprint density at radius 1 is 1.14 bits per heavy atom. The second-order valence-electron chi connectivity index (χ2n) is 6.99. The third-order valence-corrected chi connectivity index (χ3v) is 4.45. The molecule has 0 aliphatic rings. The number of benzene rings is 1. The molecule has 3 rings (SSSR count). The third kappa shape index (κ3) is 3.89. The van der Waals surface area contributed by atoms with Gasteiger partial charge >= 0.3 is 0 Å². The summed E-state index contributed by atoms with van der Waals surface area (Å²) in [5, 5.41) is 8.84. The third-order valence-electron chi connectivity index (χ3n) is 4.45. The Morgan fingerprint density at radius 3 is 2.45 bits per heavy atom. The smallest absolute Gasteiger partial charge is 0.290 e. The lowest BCUT2D eigenvalue weighted by Crippen LogP contribution is -2.43. The largest absolute Gasteiger partial charge is 0.360 e. The molecule has 2 heterocycles. The zero-order valence-electron chi connectivity index (χ0n) is 16.8. The van der Waals surface area contributed by atoms with Crippen molar-refractivity contribution in [2.45, 2.75) is 46.6 Å². The van der Waals surface area contributed by atoms with Crippen molar-refractivity contribution in [2.75, 3.05) is 0 Å². The molecule has 3 aromatic rings. The molecular formula is C20H23N5O4. The number of nitrogens with one attached hydrogen (secondary N) is 2. The van der Waals surface area contributed by atoms with Crippen molar-refractivity contribution in [1.29, 1.82) is 0 Å². The number of nitrogens with zero attached hydrogens (tertiary/aromatic N) is 3. The van der Waals surface area contributed by atoms with Crippen molar-refractivity contribution in [1.82, 2.24) is 25.8 Å². The summed E-state index contributed by atoms with van der Waals surface area (Å²) in [7, 11) is 0. The maximum absolute atomic E-state index is 12.8. The van der Waals surface area contributed by atoms with Gasteiger partial charge in [0.15, 0.2) is 11.5 Å². The van der Waals surface area contributed by atoms with E-state index in [2.05, 4.69) is 21.1 Å². The van der Waals surface area contributed by atoms with Crippen LogP contribution in [0.15, 0.2) is 33.6 Å². The van der Waals surface area contributed by atoms with Crippen LogP contribution in [0.2, 0.25) is 0 Å². The van der Waals surface area contributed by atoms with Crippen LogP contribution in [0.4, 0.5) is 0 Å². The fourth-order valence-corrected chi connectivity index (χ4v) is 3.06. The van der Waals surface area contributed by atoms with Gasteiger partial charge in [-0.05, 0) is 19.4 Å². The van der Waals surface area contributed by atoms with Gasteiger partial charge in [0, 0.05) is 17.8 Å². The monoisotopic (exact) mass is 397 g/mol. The number of hydrazine groups is 1. The van der Waals surface area contributed by atoms with Crippen LogP contribution in [0.25, 0.3) is 10.8 Å². The summed E-state index contributed by atoms with van der Waals surface area (Å²) in [5.41, 5.74) is 5.27. The standard InChI is InChI=1S/C20H23N5O4/c1-5-10-25-20(28)14-9-7-6-8-13(14)16(23-25)19(27)22-21-18(26)15-12(4)24-29-17(15)11(2)3/h6-9,11H,5,10H2,1-4H3,(H,21,26)(H,22,27). The first-order valence-electron chi connectivity index (χ1n) is 9.41. The molecule has 1 aromatic carbocycles. The van der Waals surface area contributed by atoms with E-state index in [0.717, 1.165) is 0 Å². The normalized spacial score (nSPS) is 11.1. The van der Waals surface area contributed by atoms with Gasteiger partial charge in [-0.25, -0.2) is 4.68 Å². The number of rotatable bonds is 5. The lowest BCUT2D eigenvalue weighted by Gasteiger charge is -2.12. The number of aryl methyl sites for hydroxylation is 2. The van der Waals surface area contributed by atoms with E-state index in [0.29, 0.717) is 35.2 Å². The summed E-state index contributed by atoms with van der Waals surface area (Å²) in [6, 6.07) is 6.75. The van der Waals surface area contributed by atoms with Gasteiger partial charge in [0.1, 0.15) is 5.56 Å². The van der Waals surface area contributed by atoms with Crippen LogP contribution >= 0.6 is 0 Å². The van der Waals surface area contributed by atoms with E-state index in [-0.39, 0.29) is 22.7 Å². The first-order valence-corrected chi connectivity index (χ1v) is 9.41. The number of hydrogen-bond donors (Lipinski definition) is 2. The summed E-state index contributed by atoms with van der Waals surface area (Å²) >= 11 is 0. The molecule has 0 aliphatic carbocycles. The molecule has 0 bridgehead atoms. The Labute approximate surface area is 167 Å². The molecule has 2 N–H and O–H groups in total. The Morgan fingerprint density at radius 2 is 1.79 bits per heavy atom. The van der Waals surface area contributed by atoms with Crippen LogP contribution in [0, 0.1) is 6.92 Å². The first kappa shape index (κ1) is 20.2. The number of carbonyl (C=O) groups excluding carboxylic acids is 2. The lowest BCUT2D eigenvalue weighted by molar-refractivity contribution is 0.0842. The summed E-state index contributed by atoms with van der Waals surface area (Å²) in [6.07, 6.45) is 0.688. The summed E-state index contributed by atoms with van der Waals surface area (Å²) in [5.74, 6) is -0.767. The van der Waals surface area contributed by atoms with Crippen LogP contribution < -0.4 is 16.4 Å². The minimum atomic E-state index is -0.625. The summed E-state index contributed by atoms with van der Waals surface area (Å²) in [4.78, 5) is 37.9. The van der Waals surface area contributed by atoms with Crippen LogP contribution in [-0.4, -0.2) is 26.8 Å². The van der Waals surface area contributed by atoms with Gasteiger partial charge in [0.2, 0.25) is 0 Å². The van der Waals surface area contributed by atoms with Gasteiger partial charge in [-0.15, -0.1) is 0 Å². The Bertz CT molecular complexity index is 1130. The van der Waals surface area contributed by atoms with Gasteiger partial charge in [-0.3, -0.25) is 25.2 Å². The van der Waals surface area contributed by atoms with E-state index in [1.807, 2.05) is 20.8 Å². The highest BCUT2D eigenvalue weighted by Gasteiger charge is 2.24. The summed E-state index contributed by atoms with van der Waals surface area (Å²) < 4.78 is 6.47. The molecule has 0 radical (unpaired) electrons. The average molecular weight is 397 g/mol. The van der Waals surface area contributed by atoms with Crippen LogP contribution in [0.5, 0.6) is 0 Å². The fraction of sp³-hybridized carbons (Fsp3) is 0.350. The van der Waals surface area contributed by atoms with Crippen LogP contribution in [-0.2, 0) is 6.54 Å². The van der Waals surface area contributed by atoms with Crippen molar-refractivity contribution < 1.29 is 14.1 Å². The maximum atomic E-state index is 12.8. The molecule has 0 spiro atoms. The number of hydrogen-bond acceptors (Lipinski definition) is 6. The molecule has 0 aliphatic heterocycles. The molecule has 0 atom stereocenters. The molecule has 0 saturated carbocycles. The number of fused-ring (bicyclic) bond motifs is 1. The van der Waals surface area contributed by atoms with E-state index < -0.39 is 11.8 Å². The minimum Gasteiger partial charge on any atom is -0.360 e. The molecule has 9 nitrogen and oxygen atoms in total. The van der Waals surface area contributed by atoms with Crippen LogP contribution in [0.3, 0.4) is 0 Å². The van der Waals surface area contributed by atoms with E-state index >= 15 is 0 Å². The first-order chi connectivity index (χ1) is 13.8. The fourth-order valence-electron chi connectivity index (χ4n) is 3.06. The van der Waals surface area contributed by atoms with Gasteiger partial charge in [-0.2, -0.15) is 5.10 Å². The lowest BCUT2D eigenvalue weighted by atomic mass is 10.0. The highest BCUT2D eigenvalue weighted by atomic mass is 16.5. The predicted molar refractivity (Wildman–Crippen MR) is 107 cm³/mol. The molecule has 9 heteroatoms. The van der Waals surface area contributed by atoms with Crippen molar-refractivity contribution in [3.05, 3.63) is 57.3 Å². The van der Waals surface area contributed by atoms with Gasteiger partial charge < -0.3 is 4.52 Å².